The van der Waals surface area contributed by atoms with Crippen LogP contribution in [-0.2, 0) is 0 Å². The number of hydrogen-bond donors (Lipinski definition) is 1. The minimum atomic E-state index is -0.326. The fourth-order valence-electron chi connectivity index (χ4n) is 2.32. The van der Waals surface area contributed by atoms with Crippen molar-refractivity contribution in [2.75, 3.05) is 23.3 Å². The summed E-state index contributed by atoms with van der Waals surface area (Å²) in [6.07, 6.45) is 5.31. The molecule has 0 unspecified atom stereocenters. The van der Waals surface area contributed by atoms with Gasteiger partial charge in [-0.05, 0) is 31.7 Å². The van der Waals surface area contributed by atoms with E-state index in [1.165, 1.54) is 0 Å². The summed E-state index contributed by atoms with van der Waals surface area (Å²) in [6.45, 7) is 5.87. The number of aromatic nitrogens is 1. The number of anilines is 2. The zero-order valence-corrected chi connectivity index (χ0v) is 12.8. The Morgan fingerprint density at radius 1 is 1.38 bits per heavy atom. The molecule has 0 aromatic carbocycles. The van der Waals surface area contributed by atoms with Crippen molar-refractivity contribution >= 4 is 17.3 Å². The van der Waals surface area contributed by atoms with Gasteiger partial charge in [-0.15, -0.1) is 0 Å². The number of nitro groups is 1. The number of pyridine rings is 1. The molecule has 1 aromatic rings. The lowest BCUT2D eigenvalue weighted by Crippen LogP contribution is -2.28. The van der Waals surface area contributed by atoms with Crippen LogP contribution in [0, 0.1) is 10.1 Å². The van der Waals surface area contributed by atoms with Crippen molar-refractivity contribution in [1.82, 2.24) is 4.98 Å². The molecule has 6 heteroatoms. The highest BCUT2D eigenvalue weighted by atomic mass is 16.6. The minimum absolute atomic E-state index is 0.111. The van der Waals surface area contributed by atoms with Gasteiger partial charge in [-0.3, -0.25) is 10.1 Å². The Kier molecular flexibility index (Phi) is 5.36. The molecule has 1 saturated carbocycles. The van der Waals surface area contributed by atoms with Gasteiger partial charge in [0.1, 0.15) is 5.82 Å². The van der Waals surface area contributed by atoms with Gasteiger partial charge in [0.05, 0.1) is 4.92 Å². The van der Waals surface area contributed by atoms with E-state index < -0.39 is 0 Å². The summed E-state index contributed by atoms with van der Waals surface area (Å²) >= 11 is 0. The lowest BCUT2D eigenvalue weighted by Gasteiger charge is -2.23. The third-order valence-electron chi connectivity index (χ3n) is 3.62. The van der Waals surface area contributed by atoms with Crippen LogP contribution >= 0.6 is 0 Å². The van der Waals surface area contributed by atoms with E-state index in [4.69, 9.17) is 0 Å². The van der Waals surface area contributed by atoms with Crippen molar-refractivity contribution in [1.29, 1.82) is 0 Å². The Bertz CT molecular complexity index is 489. The number of nitrogens with one attached hydrogen (secondary N) is 1. The molecular formula is C15H24N4O2. The van der Waals surface area contributed by atoms with Crippen LogP contribution in [0.3, 0.4) is 0 Å². The van der Waals surface area contributed by atoms with Crippen LogP contribution in [0.4, 0.5) is 17.3 Å². The molecule has 1 N–H and O–H groups in total. The van der Waals surface area contributed by atoms with Crippen LogP contribution in [0.25, 0.3) is 0 Å². The minimum Gasteiger partial charge on any atom is -0.370 e. The van der Waals surface area contributed by atoms with E-state index in [9.17, 15) is 10.1 Å². The lowest BCUT2D eigenvalue weighted by molar-refractivity contribution is -0.384. The second kappa shape index (κ2) is 7.24. The average molecular weight is 292 g/mol. The van der Waals surface area contributed by atoms with E-state index in [0.29, 0.717) is 11.9 Å². The number of rotatable bonds is 9. The lowest BCUT2D eigenvalue weighted by atomic mass is 10.2. The highest BCUT2D eigenvalue weighted by Gasteiger charge is 2.33. The molecular weight excluding hydrogens is 268 g/mol. The largest absolute Gasteiger partial charge is 0.370 e. The zero-order valence-electron chi connectivity index (χ0n) is 12.8. The second-order valence-electron chi connectivity index (χ2n) is 5.50. The van der Waals surface area contributed by atoms with Gasteiger partial charge in [0.2, 0.25) is 5.82 Å². The monoisotopic (exact) mass is 292 g/mol. The van der Waals surface area contributed by atoms with Crippen LogP contribution in [0.15, 0.2) is 12.1 Å². The number of hydrogen-bond acceptors (Lipinski definition) is 5. The highest BCUT2D eigenvalue weighted by Crippen LogP contribution is 2.36. The molecule has 0 atom stereocenters. The van der Waals surface area contributed by atoms with Gasteiger partial charge in [-0.25, -0.2) is 4.98 Å². The van der Waals surface area contributed by atoms with E-state index in [0.717, 1.165) is 51.0 Å². The predicted molar refractivity (Wildman–Crippen MR) is 84.9 cm³/mol. The molecule has 1 aliphatic carbocycles. The van der Waals surface area contributed by atoms with Gasteiger partial charge in [0.15, 0.2) is 0 Å². The number of nitrogens with zero attached hydrogens (tertiary/aromatic N) is 3. The molecule has 21 heavy (non-hydrogen) atoms. The smallest absolute Gasteiger partial charge is 0.311 e. The van der Waals surface area contributed by atoms with Crippen molar-refractivity contribution in [3.8, 4) is 0 Å². The van der Waals surface area contributed by atoms with Crippen molar-refractivity contribution < 1.29 is 4.92 Å². The predicted octanol–water partition coefficient (Wildman–Crippen LogP) is 3.58. The maximum absolute atomic E-state index is 11.3. The number of unbranched alkanes of at least 4 members (excludes halogenated alkanes) is 1. The van der Waals surface area contributed by atoms with Crippen molar-refractivity contribution in [3.63, 3.8) is 0 Å². The van der Waals surface area contributed by atoms with Gasteiger partial charge in [0, 0.05) is 25.2 Å². The Labute approximate surface area is 125 Å². The van der Waals surface area contributed by atoms with Crippen molar-refractivity contribution in [3.05, 3.63) is 22.2 Å². The topological polar surface area (TPSA) is 71.3 Å². The Hall–Kier alpha value is -1.85. The van der Waals surface area contributed by atoms with E-state index in [2.05, 4.69) is 29.0 Å². The van der Waals surface area contributed by atoms with Crippen LogP contribution in [0.1, 0.15) is 46.0 Å². The summed E-state index contributed by atoms with van der Waals surface area (Å²) in [5.74, 6) is 1.25. The van der Waals surface area contributed by atoms with Gasteiger partial charge < -0.3 is 10.2 Å². The molecule has 2 rings (SSSR count). The Balaban J connectivity index is 2.28. The van der Waals surface area contributed by atoms with Crippen LogP contribution in [0.5, 0.6) is 0 Å². The molecule has 1 aromatic heterocycles. The first-order valence-electron chi connectivity index (χ1n) is 7.83. The van der Waals surface area contributed by atoms with Crippen LogP contribution < -0.4 is 10.2 Å². The SMILES string of the molecule is CCCCN(c1nc(NCCC)ccc1[N+](=O)[O-])C1CC1. The van der Waals surface area contributed by atoms with Crippen LogP contribution in [0.2, 0.25) is 0 Å². The first kappa shape index (κ1) is 15.5. The molecule has 0 bridgehead atoms. The zero-order chi connectivity index (χ0) is 15.2. The van der Waals surface area contributed by atoms with E-state index >= 15 is 0 Å². The highest BCUT2D eigenvalue weighted by molar-refractivity contribution is 5.62. The molecule has 6 nitrogen and oxygen atoms in total. The Morgan fingerprint density at radius 3 is 2.71 bits per heavy atom. The van der Waals surface area contributed by atoms with Gasteiger partial charge in [-0.2, -0.15) is 0 Å². The summed E-state index contributed by atoms with van der Waals surface area (Å²) in [4.78, 5) is 17.6. The first-order chi connectivity index (χ1) is 10.2. The maximum atomic E-state index is 11.3. The summed E-state index contributed by atoms with van der Waals surface area (Å²) in [6, 6.07) is 3.69. The van der Waals surface area contributed by atoms with Crippen molar-refractivity contribution in [2.45, 2.75) is 52.0 Å². The molecule has 0 radical (unpaired) electrons. The molecule has 0 amide bonds. The fourth-order valence-corrected chi connectivity index (χ4v) is 2.32. The molecule has 116 valence electrons. The molecule has 1 heterocycles. The van der Waals surface area contributed by atoms with E-state index in [1.807, 2.05) is 0 Å². The van der Waals surface area contributed by atoms with Crippen molar-refractivity contribution in [2.24, 2.45) is 0 Å². The summed E-state index contributed by atoms with van der Waals surface area (Å²) in [5.41, 5.74) is 0.111. The maximum Gasteiger partial charge on any atom is 0.311 e. The molecule has 0 saturated heterocycles. The molecule has 1 fully saturated rings. The normalized spacial score (nSPS) is 14.0. The quantitative estimate of drug-likeness (QED) is 0.556. The summed E-state index contributed by atoms with van der Waals surface area (Å²) < 4.78 is 0. The van der Waals surface area contributed by atoms with Crippen LogP contribution in [-0.4, -0.2) is 29.0 Å². The van der Waals surface area contributed by atoms with E-state index in [-0.39, 0.29) is 10.6 Å². The second-order valence-corrected chi connectivity index (χ2v) is 5.50. The standard InChI is InChI=1S/C15H24N4O2/c1-3-5-11-18(12-6-7-12)15-13(19(20)21)8-9-14(17-15)16-10-4-2/h8-9,12H,3-7,10-11H2,1-2H3,(H,16,17). The van der Waals surface area contributed by atoms with Gasteiger partial charge in [-0.1, -0.05) is 20.3 Å². The molecule has 0 spiro atoms. The molecule has 0 aliphatic heterocycles. The van der Waals surface area contributed by atoms with Gasteiger partial charge >= 0.3 is 5.69 Å². The Morgan fingerprint density at radius 2 is 2.14 bits per heavy atom. The third kappa shape index (κ3) is 4.06. The van der Waals surface area contributed by atoms with Gasteiger partial charge in [0.25, 0.3) is 0 Å². The fraction of sp³-hybridized carbons (Fsp3) is 0.667. The molecule has 1 aliphatic rings. The third-order valence-corrected chi connectivity index (χ3v) is 3.62. The van der Waals surface area contributed by atoms with E-state index in [1.54, 1.807) is 12.1 Å². The average Bonchev–Trinajstić information content (AvgIpc) is 3.30. The summed E-state index contributed by atoms with van der Waals surface area (Å²) in [7, 11) is 0. The summed E-state index contributed by atoms with van der Waals surface area (Å²) in [5, 5.41) is 14.5. The first-order valence-corrected chi connectivity index (χ1v) is 7.83.